The first-order valence-electron chi connectivity index (χ1n) is 5.99. The van der Waals surface area contributed by atoms with Crippen molar-refractivity contribution in [1.29, 1.82) is 0 Å². The van der Waals surface area contributed by atoms with Crippen LogP contribution in [0.15, 0.2) is 42.5 Å². The van der Waals surface area contributed by atoms with Gasteiger partial charge in [-0.2, -0.15) is 0 Å². The van der Waals surface area contributed by atoms with Crippen molar-refractivity contribution in [3.8, 4) is 5.75 Å². The zero-order chi connectivity index (χ0) is 14.5. The third-order valence-electron chi connectivity index (χ3n) is 2.56. The van der Waals surface area contributed by atoms with Crippen molar-refractivity contribution in [2.75, 3.05) is 11.9 Å². The van der Waals surface area contributed by atoms with Gasteiger partial charge in [0, 0.05) is 3.57 Å². The molecule has 0 atom stereocenters. The average Bonchev–Trinajstić information content (AvgIpc) is 2.40. The van der Waals surface area contributed by atoms with Gasteiger partial charge in [0.25, 0.3) is 5.91 Å². The predicted octanol–water partition coefficient (Wildman–Crippen LogP) is 3.76. The van der Waals surface area contributed by atoms with E-state index in [1.807, 2.05) is 47.7 Å². The Kier molecular flexibility index (Phi) is 4.94. The Morgan fingerprint density at radius 2 is 2.10 bits per heavy atom. The molecule has 104 valence electrons. The van der Waals surface area contributed by atoms with E-state index in [-0.39, 0.29) is 12.3 Å². The molecule has 0 fully saturated rings. The maximum absolute atomic E-state index is 13.6. The van der Waals surface area contributed by atoms with E-state index < -0.39 is 11.7 Å². The molecule has 1 N–H and O–H groups in total. The fourth-order valence-corrected chi connectivity index (χ4v) is 2.08. The lowest BCUT2D eigenvalue weighted by molar-refractivity contribution is -0.118. The Morgan fingerprint density at radius 3 is 2.80 bits per heavy atom. The summed E-state index contributed by atoms with van der Waals surface area (Å²) in [6.45, 7) is 1.78. The SMILES string of the molecule is Cc1cccc(OCC(=O)Nc2ccc(I)cc2F)c1. The normalized spacial score (nSPS) is 10.2. The minimum absolute atomic E-state index is 0.156. The fourth-order valence-electron chi connectivity index (χ4n) is 1.63. The van der Waals surface area contributed by atoms with Crippen LogP contribution in [0.5, 0.6) is 5.75 Å². The summed E-state index contributed by atoms with van der Waals surface area (Å²) in [5, 5.41) is 2.48. The molecule has 2 rings (SSSR count). The molecule has 0 saturated heterocycles. The number of anilines is 1. The number of halogens is 2. The molecule has 1 amide bonds. The number of amides is 1. The Balaban J connectivity index is 1.92. The number of carbonyl (C=O) groups excluding carboxylic acids is 1. The molecule has 0 aliphatic rings. The molecule has 20 heavy (non-hydrogen) atoms. The van der Waals surface area contributed by atoms with Crippen molar-refractivity contribution in [2.45, 2.75) is 6.92 Å². The fraction of sp³-hybridized carbons (Fsp3) is 0.133. The molecule has 2 aromatic carbocycles. The molecule has 0 aliphatic carbocycles. The summed E-state index contributed by atoms with van der Waals surface area (Å²) < 4.78 is 19.7. The van der Waals surface area contributed by atoms with Gasteiger partial charge in [0.05, 0.1) is 5.69 Å². The summed E-state index contributed by atoms with van der Waals surface area (Å²) in [6.07, 6.45) is 0. The predicted molar refractivity (Wildman–Crippen MR) is 84.4 cm³/mol. The van der Waals surface area contributed by atoms with E-state index in [4.69, 9.17) is 4.74 Å². The van der Waals surface area contributed by atoms with Crippen molar-refractivity contribution in [3.63, 3.8) is 0 Å². The van der Waals surface area contributed by atoms with E-state index in [2.05, 4.69) is 5.32 Å². The van der Waals surface area contributed by atoms with Crippen LogP contribution in [0.4, 0.5) is 10.1 Å². The number of ether oxygens (including phenoxy) is 1. The van der Waals surface area contributed by atoms with Crippen LogP contribution in [0.3, 0.4) is 0 Å². The highest BCUT2D eigenvalue weighted by Gasteiger charge is 2.08. The maximum Gasteiger partial charge on any atom is 0.262 e. The highest BCUT2D eigenvalue weighted by molar-refractivity contribution is 14.1. The second-order valence-electron chi connectivity index (χ2n) is 4.28. The summed E-state index contributed by atoms with van der Waals surface area (Å²) in [6, 6.07) is 12.0. The van der Waals surface area contributed by atoms with E-state index in [9.17, 15) is 9.18 Å². The van der Waals surface area contributed by atoms with Gasteiger partial charge < -0.3 is 10.1 Å². The van der Waals surface area contributed by atoms with Crippen LogP contribution < -0.4 is 10.1 Å². The standard InChI is InChI=1S/C15H13FINO2/c1-10-3-2-4-12(7-10)20-9-15(19)18-14-6-5-11(17)8-13(14)16/h2-8H,9H2,1H3,(H,18,19). The molecule has 0 radical (unpaired) electrons. The molecular weight excluding hydrogens is 372 g/mol. The van der Waals surface area contributed by atoms with Crippen molar-refractivity contribution >= 4 is 34.2 Å². The largest absolute Gasteiger partial charge is 0.484 e. The molecule has 5 heteroatoms. The second kappa shape index (κ2) is 6.69. The van der Waals surface area contributed by atoms with Gasteiger partial charge in [-0.1, -0.05) is 12.1 Å². The van der Waals surface area contributed by atoms with Gasteiger partial charge >= 0.3 is 0 Å². The number of carbonyl (C=O) groups is 1. The molecule has 3 nitrogen and oxygen atoms in total. The summed E-state index contributed by atoms with van der Waals surface area (Å²) in [7, 11) is 0. The first-order valence-corrected chi connectivity index (χ1v) is 7.07. The first-order chi connectivity index (χ1) is 9.54. The lowest BCUT2D eigenvalue weighted by Gasteiger charge is -2.08. The summed E-state index contributed by atoms with van der Waals surface area (Å²) >= 11 is 2.01. The van der Waals surface area contributed by atoms with Crippen molar-refractivity contribution < 1.29 is 13.9 Å². The van der Waals surface area contributed by atoms with Gasteiger partial charge in [0.1, 0.15) is 11.6 Å². The number of aryl methyl sites for hydroxylation is 1. The number of benzene rings is 2. The molecule has 0 saturated carbocycles. The van der Waals surface area contributed by atoms with Crippen LogP contribution in [0, 0.1) is 16.3 Å². The number of rotatable bonds is 4. The van der Waals surface area contributed by atoms with Crippen LogP contribution in [0.2, 0.25) is 0 Å². The van der Waals surface area contributed by atoms with Gasteiger partial charge in [-0.3, -0.25) is 4.79 Å². The molecular formula is C15H13FINO2. The van der Waals surface area contributed by atoms with Gasteiger partial charge in [0.15, 0.2) is 6.61 Å². The molecule has 0 spiro atoms. The van der Waals surface area contributed by atoms with Crippen LogP contribution in [-0.4, -0.2) is 12.5 Å². The molecule has 0 heterocycles. The van der Waals surface area contributed by atoms with Crippen LogP contribution in [0.25, 0.3) is 0 Å². The van der Waals surface area contributed by atoms with Crippen molar-refractivity contribution in [1.82, 2.24) is 0 Å². The number of nitrogens with one attached hydrogen (secondary N) is 1. The minimum atomic E-state index is -0.458. The van der Waals surface area contributed by atoms with E-state index in [1.165, 1.54) is 12.1 Å². The van der Waals surface area contributed by atoms with Gasteiger partial charge in [-0.05, 0) is 65.4 Å². The van der Waals surface area contributed by atoms with E-state index >= 15 is 0 Å². The zero-order valence-corrected chi connectivity index (χ0v) is 13.0. The molecule has 0 aromatic heterocycles. The Bertz CT molecular complexity index is 631. The average molecular weight is 385 g/mol. The van der Waals surface area contributed by atoms with Gasteiger partial charge in [0.2, 0.25) is 0 Å². The lowest BCUT2D eigenvalue weighted by atomic mass is 10.2. The van der Waals surface area contributed by atoms with Crippen molar-refractivity contribution in [2.24, 2.45) is 0 Å². The van der Waals surface area contributed by atoms with E-state index in [0.717, 1.165) is 9.13 Å². The minimum Gasteiger partial charge on any atom is -0.484 e. The van der Waals surface area contributed by atoms with Crippen LogP contribution in [0.1, 0.15) is 5.56 Å². The maximum atomic E-state index is 13.6. The summed E-state index contributed by atoms with van der Waals surface area (Å²) in [5.74, 6) is -0.240. The zero-order valence-electron chi connectivity index (χ0n) is 10.8. The lowest BCUT2D eigenvalue weighted by Crippen LogP contribution is -2.20. The highest BCUT2D eigenvalue weighted by atomic mass is 127. The Morgan fingerprint density at radius 1 is 1.30 bits per heavy atom. The summed E-state index contributed by atoms with van der Waals surface area (Å²) in [4.78, 5) is 11.7. The second-order valence-corrected chi connectivity index (χ2v) is 5.52. The molecule has 0 unspecified atom stereocenters. The van der Waals surface area contributed by atoms with E-state index in [0.29, 0.717) is 5.75 Å². The van der Waals surface area contributed by atoms with E-state index in [1.54, 1.807) is 12.1 Å². The topological polar surface area (TPSA) is 38.3 Å². The first kappa shape index (κ1) is 14.8. The molecule has 0 aliphatic heterocycles. The smallest absolute Gasteiger partial charge is 0.262 e. The Hall–Kier alpha value is -1.63. The molecule has 0 bridgehead atoms. The number of hydrogen-bond acceptors (Lipinski definition) is 2. The van der Waals surface area contributed by atoms with Crippen LogP contribution in [-0.2, 0) is 4.79 Å². The summed E-state index contributed by atoms with van der Waals surface area (Å²) in [5.41, 5.74) is 1.20. The number of hydrogen-bond donors (Lipinski definition) is 1. The van der Waals surface area contributed by atoms with Crippen molar-refractivity contribution in [3.05, 3.63) is 57.4 Å². The third-order valence-corrected chi connectivity index (χ3v) is 3.24. The quantitative estimate of drug-likeness (QED) is 0.815. The molecule has 2 aromatic rings. The Labute approximate surface area is 130 Å². The highest BCUT2D eigenvalue weighted by Crippen LogP contribution is 2.17. The third kappa shape index (κ3) is 4.19. The van der Waals surface area contributed by atoms with Gasteiger partial charge in [-0.25, -0.2) is 4.39 Å². The van der Waals surface area contributed by atoms with Crippen LogP contribution >= 0.6 is 22.6 Å². The monoisotopic (exact) mass is 385 g/mol. The van der Waals surface area contributed by atoms with Gasteiger partial charge in [-0.15, -0.1) is 0 Å².